The molecule has 0 amide bonds. The smallest absolute Gasteiger partial charge is 0.338 e. The van der Waals surface area contributed by atoms with E-state index < -0.39 is 0 Å². The first kappa shape index (κ1) is 12.2. The summed E-state index contributed by atoms with van der Waals surface area (Å²) in [6, 6.07) is 9.01. The van der Waals surface area contributed by atoms with Crippen LogP contribution in [-0.2, 0) is 4.74 Å². The Morgan fingerprint density at radius 3 is 2.69 bits per heavy atom. The highest BCUT2D eigenvalue weighted by atomic mass is 16.5. The first-order valence-electron chi connectivity index (χ1n) is 5.34. The lowest BCUT2D eigenvalue weighted by Crippen LogP contribution is -2.05. The van der Waals surface area contributed by atoms with Crippen molar-refractivity contribution in [3.63, 3.8) is 0 Å². The Morgan fingerprint density at radius 2 is 2.00 bits per heavy atom. The number of esters is 1. The highest BCUT2D eigenvalue weighted by Gasteiger charge is 2.03. The molecule has 0 aromatic heterocycles. The van der Waals surface area contributed by atoms with Gasteiger partial charge in [-0.3, -0.25) is 0 Å². The molecular formula is C14H16O2. The Balaban J connectivity index is 2.26. The number of benzene rings is 1. The van der Waals surface area contributed by atoms with Gasteiger partial charge >= 0.3 is 5.97 Å². The van der Waals surface area contributed by atoms with Gasteiger partial charge in [0, 0.05) is 0 Å². The lowest BCUT2D eigenvalue weighted by Gasteiger charge is -2.01. The van der Waals surface area contributed by atoms with Crippen LogP contribution in [0, 0.1) is 0 Å². The minimum Gasteiger partial charge on any atom is -0.462 e. The number of rotatable bonds is 5. The summed E-state index contributed by atoms with van der Waals surface area (Å²) in [6.07, 6.45) is 8.54. The van der Waals surface area contributed by atoms with E-state index >= 15 is 0 Å². The second-order valence-corrected chi connectivity index (χ2v) is 3.24. The van der Waals surface area contributed by atoms with Gasteiger partial charge in [0.15, 0.2) is 0 Å². The van der Waals surface area contributed by atoms with E-state index in [0.717, 1.165) is 6.42 Å². The Morgan fingerprint density at radius 1 is 1.25 bits per heavy atom. The molecule has 2 nitrogen and oxygen atoms in total. The van der Waals surface area contributed by atoms with Gasteiger partial charge in [0.1, 0.15) is 0 Å². The third-order valence-corrected chi connectivity index (χ3v) is 1.97. The molecule has 0 aliphatic heterocycles. The van der Waals surface area contributed by atoms with Crippen LogP contribution < -0.4 is 0 Å². The van der Waals surface area contributed by atoms with Crippen molar-refractivity contribution in [2.75, 3.05) is 6.61 Å². The van der Waals surface area contributed by atoms with Crippen LogP contribution in [0.3, 0.4) is 0 Å². The van der Waals surface area contributed by atoms with Crippen LogP contribution in [0.15, 0.2) is 54.6 Å². The fourth-order valence-electron chi connectivity index (χ4n) is 1.16. The van der Waals surface area contributed by atoms with Gasteiger partial charge in [-0.05, 0) is 25.5 Å². The molecule has 16 heavy (non-hydrogen) atoms. The number of hydrogen-bond acceptors (Lipinski definition) is 2. The first-order chi connectivity index (χ1) is 7.84. The van der Waals surface area contributed by atoms with Crippen molar-refractivity contribution in [2.45, 2.75) is 13.3 Å². The molecule has 0 aliphatic carbocycles. The van der Waals surface area contributed by atoms with E-state index in [4.69, 9.17) is 4.74 Å². The van der Waals surface area contributed by atoms with Crippen molar-refractivity contribution in [1.82, 2.24) is 0 Å². The van der Waals surface area contributed by atoms with Crippen molar-refractivity contribution in [2.24, 2.45) is 0 Å². The van der Waals surface area contributed by atoms with Gasteiger partial charge in [-0.2, -0.15) is 0 Å². The Kier molecular flexibility index (Phi) is 5.71. The van der Waals surface area contributed by atoms with Crippen molar-refractivity contribution >= 4 is 5.97 Å². The van der Waals surface area contributed by atoms with Crippen LogP contribution in [0.1, 0.15) is 23.7 Å². The molecule has 0 fully saturated rings. The van der Waals surface area contributed by atoms with E-state index in [9.17, 15) is 4.79 Å². The van der Waals surface area contributed by atoms with Crippen molar-refractivity contribution in [3.05, 3.63) is 60.2 Å². The number of ether oxygens (including phenoxy) is 1. The van der Waals surface area contributed by atoms with Gasteiger partial charge in [0.05, 0.1) is 12.2 Å². The molecule has 84 valence electrons. The minimum atomic E-state index is -0.264. The third-order valence-electron chi connectivity index (χ3n) is 1.97. The summed E-state index contributed by atoms with van der Waals surface area (Å²) in [5.74, 6) is -0.264. The predicted octanol–water partition coefficient (Wildman–Crippen LogP) is 3.37. The third kappa shape index (κ3) is 4.60. The number of carbonyl (C=O) groups excluding carboxylic acids is 1. The highest BCUT2D eigenvalue weighted by molar-refractivity contribution is 5.89. The largest absolute Gasteiger partial charge is 0.462 e. The lowest BCUT2D eigenvalue weighted by atomic mass is 10.2. The van der Waals surface area contributed by atoms with Crippen molar-refractivity contribution in [3.8, 4) is 0 Å². The molecule has 0 saturated heterocycles. The van der Waals surface area contributed by atoms with Gasteiger partial charge in [0.25, 0.3) is 0 Å². The van der Waals surface area contributed by atoms with E-state index in [1.54, 1.807) is 12.1 Å². The maximum atomic E-state index is 11.5. The molecule has 1 rings (SSSR count). The van der Waals surface area contributed by atoms with E-state index in [1.807, 2.05) is 49.4 Å². The van der Waals surface area contributed by atoms with Gasteiger partial charge in [-0.25, -0.2) is 4.79 Å². The number of carbonyl (C=O) groups is 1. The molecule has 1 aromatic carbocycles. The summed E-state index contributed by atoms with van der Waals surface area (Å²) in [7, 11) is 0. The fraction of sp³-hybridized carbons (Fsp3) is 0.214. The van der Waals surface area contributed by atoms with Gasteiger partial charge in [-0.15, -0.1) is 0 Å². The van der Waals surface area contributed by atoms with E-state index in [-0.39, 0.29) is 5.97 Å². The van der Waals surface area contributed by atoms with E-state index in [1.165, 1.54) is 0 Å². The van der Waals surface area contributed by atoms with Gasteiger partial charge in [-0.1, -0.05) is 42.5 Å². The fourth-order valence-corrected chi connectivity index (χ4v) is 1.16. The predicted molar refractivity (Wildman–Crippen MR) is 65.3 cm³/mol. The van der Waals surface area contributed by atoms with Gasteiger partial charge in [0.2, 0.25) is 0 Å². The zero-order valence-corrected chi connectivity index (χ0v) is 9.43. The van der Waals surface area contributed by atoms with E-state index in [2.05, 4.69) is 0 Å². The summed E-state index contributed by atoms with van der Waals surface area (Å²) in [5.41, 5.74) is 0.597. The molecule has 0 aliphatic rings. The summed E-state index contributed by atoms with van der Waals surface area (Å²) >= 11 is 0. The first-order valence-corrected chi connectivity index (χ1v) is 5.34. The van der Waals surface area contributed by atoms with Crippen LogP contribution in [0.5, 0.6) is 0 Å². The SMILES string of the molecule is C/C=C/C=C\CCOC(=O)c1ccccc1. The average Bonchev–Trinajstić information content (AvgIpc) is 2.34. The molecule has 0 radical (unpaired) electrons. The van der Waals surface area contributed by atoms with E-state index in [0.29, 0.717) is 12.2 Å². The molecule has 2 heteroatoms. The normalized spacial score (nSPS) is 11.1. The molecule has 0 saturated carbocycles. The minimum absolute atomic E-state index is 0.264. The summed E-state index contributed by atoms with van der Waals surface area (Å²) in [5, 5.41) is 0. The van der Waals surface area contributed by atoms with Gasteiger partial charge < -0.3 is 4.74 Å². The summed E-state index contributed by atoms with van der Waals surface area (Å²) < 4.78 is 5.09. The van der Waals surface area contributed by atoms with Crippen LogP contribution >= 0.6 is 0 Å². The average molecular weight is 216 g/mol. The van der Waals surface area contributed by atoms with Crippen LogP contribution in [0.4, 0.5) is 0 Å². The molecule has 0 heterocycles. The lowest BCUT2D eigenvalue weighted by molar-refractivity contribution is 0.0511. The molecule has 0 bridgehead atoms. The quantitative estimate of drug-likeness (QED) is 0.428. The second-order valence-electron chi connectivity index (χ2n) is 3.24. The van der Waals surface area contributed by atoms with Crippen LogP contribution in [-0.4, -0.2) is 12.6 Å². The molecule has 0 N–H and O–H groups in total. The summed E-state index contributed by atoms with van der Waals surface area (Å²) in [6.45, 7) is 2.38. The molecule has 0 spiro atoms. The maximum Gasteiger partial charge on any atom is 0.338 e. The molecular weight excluding hydrogens is 200 g/mol. The topological polar surface area (TPSA) is 26.3 Å². The molecule has 0 atom stereocenters. The van der Waals surface area contributed by atoms with Crippen molar-refractivity contribution < 1.29 is 9.53 Å². The van der Waals surface area contributed by atoms with Crippen molar-refractivity contribution in [1.29, 1.82) is 0 Å². The highest BCUT2D eigenvalue weighted by Crippen LogP contribution is 2.01. The molecule has 1 aromatic rings. The Hall–Kier alpha value is -1.83. The summed E-state index contributed by atoms with van der Waals surface area (Å²) in [4.78, 5) is 11.5. The zero-order chi connectivity index (χ0) is 11.6. The number of allylic oxidation sites excluding steroid dienone is 3. The Bertz CT molecular complexity index is 364. The van der Waals surface area contributed by atoms with Crippen LogP contribution in [0.2, 0.25) is 0 Å². The maximum absolute atomic E-state index is 11.5. The zero-order valence-electron chi connectivity index (χ0n) is 9.43. The second kappa shape index (κ2) is 7.46. The van der Waals surface area contributed by atoms with Crippen LogP contribution in [0.25, 0.3) is 0 Å². The molecule has 0 unspecified atom stereocenters. The Labute approximate surface area is 96.2 Å². The monoisotopic (exact) mass is 216 g/mol. The number of hydrogen-bond donors (Lipinski definition) is 0. The standard InChI is InChI=1S/C14H16O2/c1-2-3-4-5-9-12-16-14(15)13-10-7-6-8-11-13/h2-8,10-11H,9,12H2,1H3/b3-2+,5-4-.